The van der Waals surface area contributed by atoms with E-state index in [0.29, 0.717) is 5.95 Å². The molecule has 0 unspecified atom stereocenters. The number of nitrogens with zero attached hydrogens (tertiary/aromatic N) is 4. The molecule has 3 aromatic heterocycles. The van der Waals surface area contributed by atoms with Gasteiger partial charge in [0.25, 0.3) is 0 Å². The normalized spacial score (nSPS) is 11.8. The monoisotopic (exact) mass is 662 g/mol. The first-order valence-electron chi connectivity index (χ1n) is 17.7. The summed E-state index contributed by atoms with van der Waals surface area (Å²) in [5, 5.41) is 8.25. The van der Waals surface area contributed by atoms with E-state index in [1.807, 2.05) is 0 Å². The van der Waals surface area contributed by atoms with Gasteiger partial charge in [-0.1, -0.05) is 133 Å². The van der Waals surface area contributed by atoms with Crippen LogP contribution in [0, 0.1) is 0 Å². The van der Waals surface area contributed by atoms with Gasteiger partial charge in [0.05, 0.1) is 33.3 Å². The molecule has 0 atom stereocenters. The highest BCUT2D eigenvalue weighted by atomic mass is 15.2. The molecule has 242 valence electrons. The van der Waals surface area contributed by atoms with Crippen LogP contribution in [0.3, 0.4) is 0 Å². The van der Waals surface area contributed by atoms with Crippen LogP contribution in [-0.2, 0) is 0 Å². The van der Waals surface area contributed by atoms with Crippen molar-refractivity contribution in [2.75, 3.05) is 0 Å². The van der Waals surface area contributed by atoms with Crippen LogP contribution in [0.2, 0.25) is 0 Å². The number of aromatic nitrogens is 4. The molecule has 0 aliphatic heterocycles. The predicted molar refractivity (Wildman–Crippen MR) is 217 cm³/mol. The zero-order valence-electron chi connectivity index (χ0n) is 28.1. The molecule has 0 aliphatic carbocycles. The largest absolute Gasteiger partial charge is 0.309 e. The molecule has 0 saturated heterocycles. The van der Waals surface area contributed by atoms with Crippen LogP contribution in [0.15, 0.2) is 182 Å². The zero-order chi connectivity index (χ0) is 34.2. The van der Waals surface area contributed by atoms with Crippen LogP contribution in [0.5, 0.6) is 0 Å². The Bertz CT molecular complexity index is 3170. The molecule has 0 spiro atoms. The minimum absolute atomic E-state index is 0.654. The van der Waals surface area contributed by atoms with Crippen molar-refractivity contribution in [3.8, 4) is 34.0 Å². The van der Waals surface area contributed by atoms with Crippen LogP contribution in [0.25, 0.3) is 99.3 Å². The first-order chi connectivity index (χ1) is 25.8. The quantitative estimate of drug-likeness (QED) is 0.188. The number of hydrogen-bond acceptors (Lipinski definition) is 2. The van der Waals surface area contributed by atoms with Gasteiger partial charge in [-0.3, -0.25) is 4.57 Å². The molecule has 11 aromatic rings. The van der Waals surface area contributed by atoms with Crippen molar-refractivity contribution in [1.29, 1.82) is 0 Å². The molecule has 0 amide bonds. The molecular weight excluding hydrogens is 633 g/mol. The number of fused-ring (bicyclic) bond motifs is 8. The smallest absolute Gasteiger partial charge is 0.235 e. The lowest BCUT2D eigenvalue weighted by Gasteiger charge is -2.14. The fourth-order valence-corrected chi connectivity index (χ4v) is 8.17. The molecule has 11 rings (SSSR count). The Morgan fingerprint density at radius 3 is 1.79 bits per heavy atom. The summed E-state index contributed by atoms with van der Waals surface area (Å²) in [5.41, 5.74) is 10.8. The Kier molecular flexibility index (Phi) is 6.22. The molecule has 8 aromatic carbocycles. The molecule has 0 fully saturated rings. The van der Waals surface area contributed by atoms with Gasteiger partial charge < -0.3 is 4.57 Å². The minimum atomic E-state index is 0.654. The van der Waals surface area contributed by atoms with E-state index in [4.69, 9.17) is 9.97 Å². The maximum absolute atomic E-state index is 5.42. The molecular formula is C48H30N4. The molecule has 0 bridgehead atoms. The van der Waals surface area contributed by atoms with Crippen molar-refractivity contribution in [3.63, 3.8) is 0 Å². The highest BCUT2D eigenvalue weighted by Crippen LogP contribution is 2.40. The van der Waals surface area contributed by atoms with Gasteiger partial charge >= 0.3 is 0 Å². The van der Waals surface area contributed by atoms with E-state index in [1.54, 1.807) is 0 Å². The molecule has 3 heterocycles. The molecule has 4 nitrogen and oxygen atoms in total. The molecule has 52 heavy (non-hydrogen) atoms. The molecule has 0 aliphatic rings. The highest BCUT2D eigenvalue weighted by Gasteiger charge is 2.20. The lowest BCUT2D eigenvalue weighted by molar-refractivity contribution is 1.01. The average molecular weight is 663 g/mol. The maximum Gasteiger partial charge on any atom is 0.235 e. The van der Waals surface area contributed by atoms with Gasteiger partial charge in [0, 0.05) is 43.7 Å². The third-order valence-electron chi connectivity index (χ3n) is 10.5. The van der Waals surface area contributed by atoms with Crippen molar-refractivity contribution in [3.05, 3.63) is 182 Å². The number of para-hydroxylation sites is 4. The van der Waals surface area contributed by atoms with Gasteiger partial charge in [-0.25, -0.2) is 9.97 Å². The van der Waals surface area contributed by atoms with E-state index in [9.17, 15) is 0 Å². The van der Waals surface area contributed by atoms with E-state index in [0.717, 1.165) is 50.0 Å². The van der Waals surface area contributed by atoms with Crippen LogP contribution in [0.1, 0.15) is 0 Å². The summed E-state index contributed by atoms with van der Waals surface area (Å²) in [6.07, 6.45) is 0. The SMILES string of the molecule is c1ccc(-c2nc(-n3c4ccccc4c4cc5ccccc5cc43)nc3cc(-c4cccc5c6ccccc6n(-c6ccccc6)c45)ccc23)cc1. The summed E-state index contributed by atoms with van der Waals surface area (Å²) in [4.78, 5) is 10.8. The molecule has 0 saturated carbocycles. The van der Waals surface area contributed by atoms with E-state index in [-0.39, 0.29) is 0 Å². The Morgan fingerprint density at radius 1 is 0.365 bits per heavy atom. The maximum atomic E-state index is 5.42. The second kappa shape index (κ2) is 11.2. The summed E-state index contributed by atoms with van der Waals surface area (Å²) >= 11 is 0. The first-order valence-corrected chi connectivity index (χ1v) is 17.7. The fourth-order valence-electron chi connectivity index (χ4n) is 8.17. The van der Waals surface area contributed by atoms with Crippen molar-refractivity contribution in [1.82, 2.24) is 19.1 Å². The lowest BCUT2D eigenvalue weighted by atomic mass is 9.99. The van der Waals surface area contributed by atoms with Crippen molar-refractivity contribution in [2.45, 2.75) is 0 Å². The third kappa shape index (κ3) is 4.28. The van der Waals surface area contributed by atoms with Gasteiger partial charge in [-0.15, -0.1) is 0 Å². The highest BCUT2D eigenvalue weighted by molar-refractivity contribution is 6.15. The van der Waals surface area contributed by atoms with Crippen LogP contribution >= 0.6 is 0 Å². The molecule has 0 radical (unpaired) electrons. The second-order valence-electron chi connectivity index (χ2n) is 13.4. The van der Waals surface area contributed by atoms with E-state index >= 15 is 0 Å². The van der Waals surface area contributed by atoms with Crippen LogP contribution in [0.4, 0.5) is 0 Å². The first kappa shape index (κ1) is 28.8. The lowest BCUT2D eigenvalue weighted by Crippen LogP contribution is -2.03. The van der Waals surface area contributed by atoms with Crippen LogP contribution in [-0.4, -0.2) is 19.1 Å². The van der Waals surface area contributed by atoms with Gasteiger partial charge in [0.15, 0.2) is 0 Å². The summed E-state index contributed by atoms with van der Waals surface area (Å²) in [7, 11) is 0. The average Bonchev–Trinajstić information content (AvgIpc) is 3.72. The predicted octanol–water partition coefficient (Wildman–Crippen LogP) is 12.3. The van der Waals surface area contributed by atoms with Gasteiger partial charge in [0.1, 0.15) is 0 Å². The number of benzene rings is 8. The number of rotatable bonds is 4. The van der Waals surface area contributed by atoms with Crippen molar-refractivity contribution < 1.29 is 0 Å². The second-order valence-corrected chi connectivity index (χ2v) is 13.4. The van der Waals surface area contributed by atoms with Crippen LogP contribution < -0.4 is 0 Å². The topological polar surface area (TPSA) is 35.6 Å². The zero-order valence-corrected chi connectivity index (χ0v) is 28.1. The molecule has 4 heteroatoms. The van der Waals surface area contributed by atoms with E-state index < -0.39 is 0 Å². The van der Waals surface area contributed by atoms with Gasteiger partial charge in [-0.2, -0.15) is 0 Å². The fraction of sp³-hybridized carbons (Fsp3) is 0. The third-order valence-corrected chi connectivity index (χ3v) is 10.5. The number of hydrogen-bond donors (Lipinski definition) is 0. The van der Waals surface area contributed by atoms with E-state index in [1.165, 1.54) is 43.4 Å². The Morgan fingerprint density at radius 2 is 1.00 bits per heavy atom. The van der Waals surface area contributed by atoms with Crippen molar-refractivity contribution >= 4 is 65.3 Å². The summed E-state index contributed by atoms with van der Waals surface area (Å²) in [6.45, 7) is 0. The summed E-state index contributed by atoms with van der Waals surface area (Å²) in [6, 6.07) is 64.9. The Balaban J connectivity index is 1.22. The van der Waals surface area contributed by atoms with Crippen molar-refractivity contribution in [2.24, 2.45) is 0 Å². The molecule has 0 N–H and O–H groups in total. The summed E-state index contributed by atoms with van der Waals surface area (Å²) < 4.78 is 4.64. The van der Waals surface area contributed by atoms with Gasteiger partial charge in [0.2, 0.25) is 5.95 Å². The summed E-state index contributed by atoms with van der Waals surface area (Å²) in [5.74, 6) is 0.654. The minimum Gasteiger partial charge on any atom is -0.309 e. The van der Waals surface area contributed by atoms with E-state index in [2.05, 4.69) is 191 Å². The van der Waals surface area contributed by atoms with Gasteiger partial charge in [-0.05, 0) is 64.9 Å². The Labute approximate surface area is 299 Å². The standard InChI is InChI=1S/C48H30N4/c1-3-14-31(15-4-1)46-40-27-26-34(36-22-13-23-39-37-20-9-11-24-43(37)51(47(36)39)35-18-5-2-6-19-35)29-42(40)49-48(50-46)52-44-25-12-10-21-38(44)41-28-32-16-7-8-17-33(32)30-45(41)52/h1-30H. The Hall–Kier alpha value is -7.04.